The largest absolute Gasteiger partial charge is 0.459 e. The molecule has 2 fully saturated rings. The average Bonchev–Trinajstić information content (AvgIpc) is 2.97. The third-order valence-electron chi connectivity index (χ3n) is 4.31. The number of rotatable bonds is 3. The molecule has 1 N–H and O–H groups in total. The van der Waals surface area contributed by atoms with E-state index in [1.54, 1.807) is 17.0 Å². The van der Waals surface area contributed by atoms with Gasteiger partial charge in [-0.3, -0.25) is 9.59 Å². The van der Waals surface area contributed by atoms with E-state index in [-0.39, 0.29) is 23.8 Å². The summed E-state index contributed by atoms with van der Waals surface area (Å²) in [6.07, 6.45) is 4.16. The van der Waals surface area contributed by atoms with Crippen LogP contribution >= 0.6 is 0 Å². The van der Waals surface area contributed by atoms with Crippen molar-refractivity contribution in [1.82, 2.24) is 10.2 Å². The lowest BCUT2D eigenvalue weighted by Crippen LogP contribution is -2.47. The van der Waals surface area contributed by atoms with Crippen molar-refractivity contribution in [2.75, 3.05) is 13.1 Å². The van der Waals surface area contributed by atoms with E-state index < -0.39 is 0 Å². The Morgan fingerprint density at radius 1 is 1.35 bits per heavy atom. The summed E-state index contributed by atoms with van der Waals surface area (Å²) in [5.41, 5.74) is 0. The van der Waals surface area contributed by atoms with Gasteiger partial charge in [-0.2, -0.15) is 0 Å². The molecule has 1 aliphatic carbocycles. The quantitative estimate of drug-likeness (QED) is 0.913. The Morgan fingerprint density at radius 3 is 2.60 bits per heavy atom. The van der Waals surface area contributed by atoms with Gasteiger partial charge < -0.3 is 14.6 Å². The maximum Gasteiger partial charge on any atom is 0.289 e. The van der Waals surface area contributed by atoms with Crippen molar-refractivity contribution in [3.05, 3.63) is 24.2 Å². The summed E-state index contributed by atoms with van der Waals surface area (Å²) in [6.45, 7) is 3.45. The molecular weight excluding hydrogens is 256 g/mol. The van der Waals surface area contributed by atoms with Crippen LogP contribution in [0.5, 0.6) is 0 Å². The monoisotopic (exact) mass is 276 g/mol. The summed E-state index contributed by atoms with van der Waals surface area (Å²) in [7, 11) is 0. The molecule has 108 valence electrons. The summed E-state index contributed by atoms with van der Waals surface area (Å²) >= 11 is 0. The van der Waals surface area contributed by atoms with Crippen LogP contribution in [0.15, 0.2) is 22.8 Å². The topological polar surface area (TPSA) is 62.6 Å². The number of amides is 2. The molecular formula is C15H20N2O3. The van der Waals surface area contributed by atoms with Gasteiger partial charge in [-0.05, 0) is 37.3 Å². The van der Waals surface area contributed by atoms with E-state index in [2.05, 4.69) is 12.2 Å². The lowest BCUT2D eigenvalue weighted by Gasteiger charge is -2.32. The third kappa shape index (κ3) is 2.71. The van der Waals surface area contributed by atoms with Crippen LogP contribution in [-0.2, 0) is 4.79 Å². The van der Waals surface area contributed by atoms with Gasteiger partial charge in [0.05, 0.1) is 6.26 Å². The summed E-state index contributed by atoms with van der Waals surface area (Å²) in [5.74, 6) is 1.27. The third-order valence-corrected chi connectivity index (χ3v) is 4.31. The molecule has 1 aromatic heterocycles. The maximum absolute atomic E-state index is 12.1. The molecule has 0 unspecified atom stereocenters. The fourth-order valence-corrected chi connectivity index (χ4v) is 2.78. The Hall–Kier alpha value is -1.78. The SMILES string of the molecule is C[C@@H]1C[C@H]1C(=O)NC1CCN(C(=O)c2ccco2)CC1. The second-order valence-electron chi connectivity index (χ2n) is 5.87. The lowest BCUT2D eigenvalue weighted by atomic mass is 10.0. The minimum absolute atomic E-state index is 0.0596. The van der Waals surface area contributed by atoms with Crippen molar-refractivity contribution in [2.24, 2.45) is 11.8 Å². The Morgan fingerprint density at radius 2 is 2.05 bits per heavy atom. The van der Waals surface area contributed by atoms with Crippen LogP contribution in [0.2, 0.25) is 0 Å². The number of piperidine rings is 1. The predicted molar refractivity (Wildman–Crippen MR) is 73.0 cm³/mol. The Kier molecular flexibility index (Phi) is 3.51. The molecule has 2 aliphatic rings. The molecule has 1 saturated heterocycles. The number of hydrogen-bond donors (Lipinski definition) is 1. The smallest absolute Gasteiger partial charge is 0.289 e. The zero-order chi connectivity index (χ0) is 14.1. The molecule has 2 amide bonds. The number of furan rings is 1. The van der Waals surface area contributed by atoms with Gasteiger partial charge in [0.15, 0.2) is 5.76 Å². The molecule has 2 atom stereocenters. The molecule has 0 aromatic carbocycles. The van der Waals surface area contributed by atoms with Crippen molar-refractivity contribution in [1.29, 1.82) is 0 Å². The second kappa shape index (κ2) is 5.31. The fourth-order valence-electron chi connectivity index (χ4n) is 2.78. The van der Waals surface area contributed by atoms with Gasteiger partial charge >= 0.3 is 0 Å². The molecule has 1 aromatic rings. The molecule has 0 radical (unpaired) electrons. The predicted octanol–water partition coefficient (Wildman–Crippen LogP) is 1.66. The number of likely N-dealkylation sites (tertiary alicyclic amines) is 1. The van der Waals surface area contributed by atoms with Gasteiger partial charge in [0.1, 0.15) is 0 Å². The Bertz CT molecular complexity index is 489. The van der Waals surface area contributed by atoms with Gasteiger partial charge in [0.25, 0.3) is 5.91 Å². The molecule has 1 saturated carbocycles. The minimum atomic E-state index is -0.0596. The number of hydrogen-bond acceptors (Lipinski definition) is 3. The number of carbonyl (C=O) groups is 2. The number of carbonyl (C=O) groups excluding carboxylic acids is 2. The fraction of sp³-hybridized carbons (Fsp3) is 0.600. The molecule has 5 heteroatoms. The van der Waals surface area contributed by atoms with Gasteiger partial charge in [0, 0.05) is 25.0 Å². The standard InChI is InChI=1S/C15H20N2O3/c1-10-9-12(10)14(18)16-11-4-6-17(7-5-11)15(19)13-3-2-8-20-13/h2-3,8,10-12H,4-7,9H2,1H3,(H,16,18)/t10-,12-/m1/s1. The van der Waals surface area contributed by atoms with Gasteiger partial charge in [-0.15, -0.1) is 0 Å². The van der Waals surface area contributed by atoms with E-state index in [9.17, 15) is 9.59 Å². The number of nitrogens with zero attached hydrogens (tertiary/aromatic N) is 1. The summed E-state index contributed by atoms with van der Waals surface area (Å²) in [6, 6.07) is 3.61. The van der Waals surface area contributed by atoms with Gasteiger partial charge in [0.2, 0.25) is 5.91 Å². The van der Waals surface area contributed by atoms with Crippen molar-refractivity contribution in [3.8, 4) is 0 Å². The normalized spacial score (nSPS) is 26.4. The second-order valence-corrected chi connectivity index (χ2v) is 5.87. The highest BCUT2D eigenvalue weighted by molar-refractivity contribution is 5.91. The van der Waals surface area contributed by atoms with Crippen LogP contribution in [0.3, 0.4) is 0 Å². The molecule has 0 bridgehead atoms. The zero-order valence-electron chi connectivity index (χ0n) is 11.7. The van der Waals surface area contributed by atoms with Crippen molar-refractivity contribution >= 4 is 11.8 Å². The van der Waals surface area contributed by atoms with Crippen LogP contribution in [0, 0.1) is 11.8 Å². The molecule has 3 rings (SSSR count). The molecule has 0 spiro atoms. The highest BCUT2D eigenvalue weighted by atomic mass is 16.3. The first-order valence-corrected chi connectivity index (χ1v) is 7.28. The van der Waals surface area contributed by atoms with E-state index in [1.807, 2.05) is 0 Å². The highest BCUT2D eigenvalue weighted by Gasteiger charge is 2.40. The Labute approximate surface area is 118 Å². The van der Waals surface area contributed by atoms with Crippen LogP contribution in [0.25, 0.3) is 0 Å². The van der Waals surface area contributed by atoms with E-state index >= 15 is 0 Å². The molecule has 20 heavy (non-hydrogen) atoms. The first-order chi connectivity index (χ1) is 9.65. The van der Waals surface area contributed by atoms with Crippen LogP contribution in [0.1, 0.15) is 36.7 Å². The van der Waals surface area contributed by atoms with Gasteiger partial charge in [-0.1, -0.05) is 6.92 Å². The van der Waals surface area contributed by atoms with E-state index in [1.165, 1.54) is 6.26 Å². The van der Waals surface area contributed by atoms with Crippen LogP contribution < -0.4 is 5.32 Å². The van der Waals surface area contributed by atoms with Crippen molar-refractivity contribution in [2.45, 2.75) is 32.2 Å². The van der Waals surface area contributed by atoms with E-state index in [0.29, 0.717) is 24.8 Å². The lowest BCUT2D eigenvalue weighted by molar-refractivity contribution is -0.123. The van der Waals surface area contributed by atoms with Gasteiger partial charge in [-0.25, -0.2) is 0 Å². The molecule has 2 heterocycles. The van der Waals surface area contributed by atoms with Crippen molar-refractivity contribution in [3.63, 3.8) is 0 Å². The van der Waals surface area contributed by atoms with E-state index in [0.717, 1.165) is 19.3 Å². The summed E-state index contributed by atoms with van der Waals surface area (Å²) in [4.78, 5) is 25.8. The molecule has 1 aliphatic heterocycles. The van der Waals surface area contributed by atoms with E-state index in [4.69, 9.17) is 4.42 Å². The first kappa shape index (κ1) is 13.2. The zero-order valence-corrected chi connectivity index (χ0v) is 11.7. The van der Waals surface area contributed by atoms with Crippen LogP contribution in [0.4, 0.5) is 0 Å². The molecule has 5 nitrogen and oxygen atoms in total. The Balaban J connectivity index is 1.47. The first-order valence-electron chi connectivity index (χ1n) is 7.28. The summed E-state index contributed by atoms with van der Waals surface area (Å²) in [5, 5.41) is 3.11. The van der Waals surface area contributed by atoms with Crippen molar-refractivity contribution < 1.29 is 14.0 Å². The summed E-state index contributed by atoms with van der Waals surface area (Å²) < 4.78 is 5.13. The number of nitrogens with one attached hydrogen (secondary N) is 1. The van der Waals surface area contributed by atoms with Crippen LogP contribution in [-0.4, -0.2) is 35.8 Å². The minimum Gasteiger partial charge on any atom is -0.459 e. The average molecular weight is 276 g/mol. The maximum atomic E-state index is 12.1. The highest BCUT2D eigenvalue weighted by Crippen LogP contribution is 2.37.